The third kappa shape index (κ3) is 1.68. The van der Waals surface area contributed by atoms with Gasteiger partial charge in [0.25, 0.3) is 0 Å². The first kappa shape index (κ1) is 6.55. The minimum atomic E-state index is 0.657. The van der Waals surface area contributed by atoms with Crippen LogP contribution in [0.4, 0.5) is 5.82 Å². The summed E-state index contributed by atoms with van der Waals surface area (Å²) in [6, 6.07) is 3.63. The number of hydrogen-bond donors (Lipinski definition) is 1. The zero-order chi connectivity index (χ0) is 6.69. The van der Waals surface area contributed by atoms with Crippen molar-refractivity contribution in [3.8, 4) is 0 Å². The standard InChI is InChI=1S/C6H5BrN2/c1-8-6-4-5(7)2-3-9-6/h1-4H,(H,8,9). The molecule has 1 aromatic heterocycles. The smallest absolute Gasteiger partial charge is 0.127 e. The van der Waals surface area contributed by atoms with Gasteiger partial charge in [-0.1, -0.05) is 15.9 Å². The van der Waals surface area contributed by atoms with Gasteiger partial charge in [0.1, 0.15) is 5.82 Å². The molecule has 1 aromatic rings. The highest BCUT2D eigenvalue weighted by atomic mass is 79.9. The molecule has 2 nitrogen and oxygen atoms in total. The van der Waals surface area contributed by atoms with Crippen molar-refractivity contribution in [3.63, 3.8) is 0 Å². The number of rotatable bonds is 1. The van der Waals surface area contributed by atoms with Crippen molar-refractivity contribution in [1.29, 1.82) is 0 Å². The second-order valence-electron chi connectivity index (χ2n) is 1.50. The largest absolute Gasteiger partial charge is 0.363 e. The van der Waals surface area contributed by atoms with Crippen LogP contribution >= 0.6 is 15.9 Å². The van der Waals surface area contributed by atoms with Crippen LogP contribution in [0.25, 0.3) is 0 Å². The van der Waals surface area contributed by atoms with Crippen molar-refractivity contribution in [1.82, 2.24) is 4.98 Å². The molecule has 1 rings (SSSR count). The summed E-state index contributed by atoms with van der Waals surface area (Å²) < 4.78 is 0.963. The van der Waals surface area contributed by atoms with Crippen molar-refractivity contribution in [2.24, 2.45) is 0 Å². The second-order valence-corrected chi connectivity index (χ2v) is 2.42. The first-order valence-corrected chi connectivity index (χ1v) is 3.20. The van der Waals surface area contributed by atoms with Crippen molar-refractivity contribution >= 4 is 21.7 Å². The molecule has 1 heterocycles. The molecule has 1 N–H and O–H groups in total. The van der Waals surface area contributed by atoms with E-state index >= 15 is 0 Å². The summed E-state index contributed by atoms with van der Waals surface area (Å²) in [4.78, 5) is 3.89. The Morgan fingerprint density at radius 1 is 1.67 bits per heavy atom. The predicted octanol–water partition coefficient (Wildman–Crippen LogP) is 1.92. The summed E-state index contributed by atoms with van der Waals surface area (Å²) in [6.07, 6.45) is 1.67. The Labute approximate surface area is 62.4 Å². The number of aromatic nitrogens is 1. The average Bonchev–Trinajstić information content (AvgIpc) is 1.88. The molecule has 0 aliphatic carbocycles. The minimum Gasteiger partial charge on any atom is -0.363 e. The van der Waals surface area contributed by atoms with E-state index in [0.717, 1.165) is 4.47 Å². The molecule has 0 unspecified atom stereocenters. The summed E-state index contributed by atoms with van der Waals surface area (Å²) in [5.74, 6) is 0.657. The maximum atomic E-state index is 5.09. The van der Waals surface area contributed by atoms with E-state index in [1.807, 2.05) is 6.07 Å². The Kier molecular flexibility index (Phi) is 2.05. The van der Waals surface area contributed by atoms with E-state index in [4.69, 9.17) is 7.05 Å². The van der Waals surface area contributed by atoms with Gasteiger partial charge >= 0.3 is 0 Å². The van der Waals surface area contributed by atoms with Crippen LogP contribution in [-0.2, 0) is 0 Å². The number of halogens is 1. The van der Waals surface area contributed by atoms with Gasteiger partial charge in [-0.15, -0.1) is 0 Å². The Morgan fingerprint density at radius 2 is 2.44 bits per heavy atom. The van der Waals surface area contributed by atoms with E-state index in [9.17, 15) is 0 Å². The molecule has 0 aromatic carbocycles. The molecule has 0 amide bonds. The molecular weight excluding hydrogens is 180 g/mol. The van der Waals surface area contributed by atoms with E-state index in [0.29, 0.717) is 5.82 Å². The highest BCUT2D eigenvalue weighted by Gasteiger charge is 1.88. The van der Waals surface area contributed by atoms with Gasteiger partial charge < -0.3 is 5.32 Å². The average molecular weight is 185 g/mol. The zero-order valence-electron chi connectivity index (χ0n) is 4.63. The number of pyridine rings is 1. The Bertz CT molecular complexity index is 200. The predicted molar refractivity (Wildman–Crippen MR) is 39.9 cm³/mol. The zero-order valence-corrected chi connectivity index (χ0v) is 6.22. The van der Waals surface area contributed by atoms with Gasteiger partial charge in [-0.3, -0.25) is 0 Å². The van der Waals surface area contributed by atoms with Crippen LogP contribution in [0.2, 0.25) is 0 Å². The minimum absolute atomic E-state index is 0.657. The lowest BCUT2D eigenvalue weighted by atomic mass is 10.5. The maximum Gasteiger partial charge on any atom is 0.127 e. The SMILES string of the molecule is [CH]Nc1cc(Br)ccn1. The van der Waals surface area contributed by atoms with Gasteiger partial charge in [-0.05, 0) is 12.1 Å². The fourth-order valence-corrected chi connectivity index (χ4v) is 0.819. The Morgan fingerprint density at radius 3 is 2.89 bits per heavy atom. The quantitative estimate of drug-likeness (QED) is 0.676. The van der Waals surface area contributed by atoms with E-state index < -0.39 is 0 Å². The number of anilines is 1. The molecule has 46 valence electrons. The van der Waals surface area contributed by atoms with E-state index in [1.165, 1.54) is 0 Å². The van der Waals surface area contributed by atoms with Crippen LogP contribution in [0.3, 0.4) is 0 Å². The fraction of sp³-hybridized carbons (Fsp3) is 0. The third-order valence-corrected chi connectivity index (χ3v) is 1.36. The Hall–Kier alpha value is -0.570. The first-order valence-electron chi connectivity index (χ1n) is 2.41. The summed E-state index contributed by atoms with van der Waals surface area (Å²) in [5, 5.41) is 2.43. The van der Waals surface area contributed by atoms with Crippen LogP contribution in [0.1, 0.15) is 0 Å². The summed E-state index contributed by atoms with van der Waals surface area (Å²) in [6.45, 7) is 0. The Balaban J connectivity index is 2.94. The molecule has 0 aliphatic heterocycles. The molecule has 0 spiro atoms. The van der Waals surface area contributed by atoms with E-state index in [-0.39, 0.29) is 0 Å². The van der Waals surface area contributed by atoms with Gasteiger partial charge in [-0.2, -0.15) is 0 Å². The summed E-state index contributed by atoms with van der Waals surface area (Å²) in [5.41, 5.74) is 0. The topological polar surface area (TPSA) is 24.9 Å². The second kappa shape index (κ2) is 2.82. The van der Waals surface area contributed by atoms with Gasteiger partial charge in [0.05, 0.1) is 7.05 Å². The fourth-order valence-electron chi connectivity index (χ4n) is 0.484. The first-order chi connectivity index (χ1) is 4.33. The van der Waals surface area contributed by atoms with Crippen molar-refractivity contribution in [2.75, 3.05) is 5.32 Å². The molecule has 2 radical (unpaired) electrons. The molecule has 3 heteroatoms. The van der Waals surface area contributed by atoms with Gasteiger partial charge in [0.2, 0.25) is 0 Å². The molecule has 0 bridgehead atoms. The van der Waals surface area contributed by atoms with Crippen molar-refractivity contribution in [2.45, 2.75) is 0 Å². The van der Waals surface area contributed by atoms with Crippen LogP contribution in [-0.4, -0.2) is 4.98 Å². The van der Waals surface area contributed by atoms with Crippen LogP contribution in [0, 0.1) is 7.05 Å². The highest BCUT2D eigenvalue weighted by molar-refractivity contribution is 9.10. The van der Waals surface area contributed by atoms with E-state index in [2.05, 4.69) is 26.2 Å². The third-order valence-electron chi connectivity index (χ3n) is 0.870. The molecule has 0 aliphatic rings. The van der Waals surface area contributed by atoms with Crippen LogP contribution in [0.15, 0.2) is 22.8 Å². The van der Waals surface area contributed by atoms with E-state index in [1.54, 1.807) is 12.3 Å². The highest BCUT2D eigenvalue weighted by Crippen LogP contribution is 2.11. The molecule has 0 saturated carbocycles. The van der Waals surface area contributed by atoms with Crippen molar-refractivity contribution in [3.05, 3.63) is 29.8 Å². The van der Waals surface area contributed by atoms with Gasteiger partial charge in [0, 0.05) is 10.7 Å². The number of nitrogens with one attached hydrogen (secondary N) is 1. The van der Waals surface area contributed by atoms with Gasteiger partial charge in [-0.25, -0.2) is 4.98 Å². The number of hydrogen-bond acceptors (Lipinski definition) is 2. The summed E-state index contributed by atoms with van der Waals surface area (Å²) >= 11 is 3.27. The lowest BCUT2D eigenvalue weighted by Crippen LogP contribution is -1.86. The van der Waals surface area contributed by atoms with Crippen LogP contribution < -0.4 is 5.32 Å². The molecule has 9 heavy (non-hydrogen) atoms. The van der Waals surface area contributed by atoms with Crippen molar-refractivity contribution < 1.29 is 0 Å². The normalized spacial score (nSPS) is 9.11. The molecular formula is C6H5BrN2. The van der Waals surface area contributed by atoms with Gasteiger partial charge in [0.15, 0.2) is 0 Å². The molecule has 0 atom stereocenters. The monoisotopic (exact) mass is 184 g/mol. The molecule has 0 saturated heterocycles. The van der Waals surface area contributed by atoms with Crippen LogP contribution in [0.5, 0.6) is 0 Å². The lowest BCUT2D eigenvalue weighted by molar-refractivity contribution is 1.30. The lowest BCUT2D eigenvalue weighted by Gasteiger charge is -1.95. The number of nitrogens with zero attached hydrogens (tertiary/aromatic N) is 1. The summed E-state index contributed by atoms with van der Waals surface area (Å²) in [7, 11) is 5.09. The molecule has 0 fully saturated rings. The maximum absolute atomic E-state index is 5.09.